The van der Waals surface area contributed by atoms with Gasteiger partial charge in [-0.25, -0.2) is 27.5 Å². The molecular weight excluding hydrogens is 462 g/mol. The average molecular weight is 483 g/mol. The highest BCUT2D eigenvalue weighted by atomic mass is 32.2. The molecule has 2 heterocycles. The van der Waals surface area contributed by atoms with Gasteiger partial charge in [0.2, 0.25) is 18.7 Å². The molecule has 1 saturated carbocycles. The summed E-state index contributed by atoms with van der Waals surface area (Å²) in [5.41, 5.74) is 3.78. The Balaban J connectivity index is 1.66. The lowest BCUT2D eigenvalue weighted by Crippen LogP contribution is -2.63. The fraction of sp³-hybridized carbons (Fsp3) is 0.429. The van der Waals surface area contributed by atoms with Crippen molar-refractivity contribution >= 4 is 28.5 Å². The number of anilines is 1. The first-order valence-electron chi connectivity index (χ1n) is 10.0. The van der Waals surface area contributed by atoms with Crippen LogP contribution in [0.2, 0.25) is 0 Å². The van der Waals surface area contributed by atoms with E-state index in [1.165, 1.54) is 23.9 Å². The van der Waals surface area contributed by atoms with Gasteiger partial charge in [-0.1, -0.05) is 18.7 Å². The zero-order chi connectivity index (χ0) is 24.0. The number of hydrogen-bond donors (Lipinski definition) is 2. The standard InChI is InChI=1S/C21H21F4N5O2S/c1-11-20(8-21(24,25)9-20)19(2,30-18(26)33-11)13-5-12(3-4-14(13)23)29-17(31)15-6-28-16(7-27-15)32-10-22/h3-7,11H,8-10H2,1-2H3,(H2,26,30)(H,29,31)/t11-,19-/m1/s1. The minimum atomic E-state index is -2.86. The van der Waals surface area contributed by atoms with Gasteiger partial charge in [0.1, 0.15) is 11.5 Å². The second-order valence-corrected chi connectivity index (χ2v) is 9.65. The molecule has 1 aliphatic heterocycles. The van der Waals surface area contributed by atoms with Crippen LogP contribution in [0.5, 0.6) is 5.88 Å². The summed E-state index contributed by atoms with van der Waals surface area (Å²) in [7, 11) is 0. The highest BCUT2D eigenvalue weighted by Gasteiger charge is 2.69. The van der Waals surface area contributed by atoms with Crippen LogP contribution in [0, 0.1) is 11.2 Å². The molecule has 12 heteroatoms. The van der Waals surface area contributed by atoms with Gasteiger partial charge >= 0.3 is 0 Å². The van der Waals surface area contributed by atoms with Gasteiger partial charge in [0.15, 0.2) is 5.17 Å². The van der Waals surface area contributed by atoms with E-state index in [4.69, 9.17) is 5.73 Å². The number of alkyl halides is 3. The van der Waals surface area contributed by atoms with Crippen molar-refractivity contribution in [3.05, 3.63) is 47.7 Å². The SMILES string of the molecule is C[C@H]1SC(N)=N[C@](C)(c2cc(NC(=O)c3cnc(OCF)cn3)ccc2F)C12CC(F)(F)C2. The summed E-state index contributed by atoms with van der Waals surface area (Å²) in [6.45, 7) is 2.30. The quantitative estimate of drug-likeness (QED) is 0.617. The molecule has 2 aliphatic rings. The summed E-state index contributed by atoms with van der Waals surface area (Å²) in [5, 5.41) is 2.44. The molecule has 7 nitrogen and oxygen atoms in total. The Kier molecular flexibility index (Phi) is 5.75. The van der Waals surface area contributed by atoms with Crippen LogP contribution in [0.15, 0.2) is 35.6 Å². The predicted molar refractivity (Wildman–Crippen MR) is 116 cm³/mol. The van der Waals surface area contributed by atoms with E-state index in [1.54, 1.807) is 13.8 Å². The first kappa shape index (κ1) is 23.3. The number of nitrogens with zero attached hydrogens (tertiary/aromatic N) is 3. The number of amides is 1. The third-order valence-corrected chi connectivity index (χ3v) is 7.48. The van der Waals surface area contributed by atoms with Crippen molar-refractivity contribution in [3.8, 4) is 5.88 Å². The maximum absolute atomic E-state index is 15.0. The maximum atomic E-state index is 15.0. The molecule has 1 aromatic heterocycles. The zero-order valence-corrected chi connectivity index (χ0v) is 18.6. The summed E-state index contributed by atoms with van der Waals surface area (Å²) in [6, 6.07) is 3.85. The van der Waals surface area contributed by atoms with E-state index in [1.807, 2.05) is 0 Å². The van der Waals surface area contributed by atoms with Crippen LogP contribution in [0.1, 0.15) is 42.7 Å². The van der Waals surface area contributed by atoms with Crippen LogP contribution < -0.4 is 15.8 Å². The molecule has 33 heavy (non-hydrogen) atoms. The monoisotopic (exact) mass is 483 g/mol. The molecule has 1 fully saturated rings. The number of benzene rings is 1. The molecule has 1 spiro atoms. The van der Waals surface area contributed by atoms with E-state index in [2.05, 4.69) is 25.0 Å². The summed E-state index contributed by atoms with van der Waals surface area (Å²) >= 11 is 1.20. The topological polar surface area (TPSA) is 102 Å². The number of rotatable bonds is 5. The van der Waals surface area contributed by atoms with Crippen molar-refractivity contribution in [2.75, 3.05) is 12.2 Å². The fourth-order valence-corrected chi connectivity index (χ4v) is 5.83. The summed E-state index contributed by atoms with van der Waals surface area (Å²) in [6.07, 6.45) is 1.30. The second-order valence-electron chi connectivity index (χ2n) is 8.29. The molecule has 1 aliphatic carbocycles. The number of carbonyl (C=O) groups excluding carboxylic acids is 1. The molecule has 1 amide bonds. The van der Waals surface area contributed by atoms with Crippen molar-refractivity contribution in [1.29, 1.82) is 0 Å². The van der Waals surface area contributed by atoms with E-state index in [0.717, 1.165) is 18.5 Å². The number of carbonyl (C=O) groups is 1. The van der Waals surface area contributed by atoms with Crippen molar-refractivity contribution < 1.29 is 27.1 Å². The third-order valence-electron chi connectivity index (χ3n) is 6.34. The molecule has 3 N–H and O–H groups in total. The average Bonchev–Trinajstić information content (AvgIpc) is 2.72. The van der Waals surface area contributed by atoms with Crippen LogP contribution in [-0.2, 0) is 5.54 Å². The van der Waals surface area contributed by atoms with Gasteiger partial charge in [-0.2, -0.15) is 0 Å². The van der Waals surface area contributed by atoms with Crippen LogP contribution >= 0.6 is 11.8 Å². The lowest BCUT2D eigenvalue weighted by molar-refractivity contribution is -0.187. The fourth-order valence-electron chi connectivity index (χ4n) is 4.61. The van der Waals surface area contributed by atoms with Crippen LogP contribution in [0.4, 0.5) is 23.2 Å². The van der Waals surface area contributed by atoms with Crippen LogP contribution in [-0.4, -0.2) is 39.1 Å². The lowest BCUT2D eigenvalue weighted by atomic mass is 9.52. The number of amidine groups is 1. The van der Waals surface area contributed by atoms with Crippen molar-refractivity contribution in [2.24, 2.45) is 16.1 Å². The molecule has 1 aromatic carbocycles. The van der Waals surface area contributed by atoms with E-state index in [-0.39, 0.29) is 33.2 Å². The zero-order valence-electron chi connectivity index (χ0n) is 17.7. The van der Waals surface area contributed by atoms with Gasteiger partial charge < -0.3 is 15.8 Å². The predicted octanol–water partition coefficient (Wildman–Crippen LogP) is 4.25. The molecule has 2 atom stereocenters. The minimum Gasteiger partial charge on any atom is -0.445 e. The summed E-state index contributed by atoms with van der Waals surface area (Å²) in [4.78, 5) is 24.6. The number of hydrogen-bond acceptors (Lipinski definition) is 7. The molecule has 4 rings (SSSR count). The van der Waals surface area contributed by atoms with E-state index in [9.17, 15) is 18.0 Å². The molecule has 0 bridgehead atoms. The van der Waals surface area contributed by atoms with Gasteiger partial charge in [0.05, 0.1) is 17.9 Å². The second kappa shape index (κ2) is 8.15. The largest absolute Gasteiger partial charge is 0.445 e. The molecule has 0 saturated heterocycles. The summed E-state index contributed by atoms with van der Waals surface area (Å²) in [5.74, 6) is -4.25. The van der Waals surface area contributed by atoms with Gasteiger partial charge in [-0.05, 0) is 25.1 Å². The smallest absolute Gasteiger partial charge is 0.275 e. The van der Waals surface area contributed by atoms with Gasteiger partial charge in [0.25, 0.3) is 5.91 Å². The number of nitrogens with two attached hydrogens (primary N) is 1. The number of aromatic nitrogens is 2. The van der Waals surface area contributed by atoms with Crippen molar-refractivity contribution in [1.82, 2.24) is 9.97 Å². The molecule has 0 radical (unpaired) electrons. The summed E-state index contributed by atoms with van der Waals surface area (Å²) < 4.78 is 59.8. The Labute approximate surface area is 191 Å². The molecule has 2 aromatic rings. The van der Waals surface area contributed by atoms with Crippen LogP contribution in [0.25, 0.3) is 0 Å². The Hall–Kier alpha value is -2.89. The minimum absolute atomic E-state index is 0.0590. The number of ether oxygens (including phenoxy) is 1. The number of thioether (sulfide) groups is 1. The molecule has 176 valence electrons. The van der Waals surface area contributed by atoms with Crippen LogP contribution in [0.3, 0.4) is 0 Å². The molecular formula is C21H21F4N5O2S. The number of halogens is 4. The van der Waals surface area contributed by atoms with E-state index >= 15 is 4.39 Å². The lowest BCUT2D eigenvalue weighted by Gasteiger charge is -2.60. The van der Waals surface area contributed by atoms with E-state index in [0.29, 0.717) is 0 Å². The third kappa shape index (κ3) is 4.00. The Morgan fingerprint density at radius 2 is 2.03 bits per heavy atom. The van der Waals surface area contributed by atoms with Crippen molar-refractivity contribution in [3.63, 3.8) is 0 Å². The van der Waals surface area contributed by atoms with Gasteiger partial charge in [0, 0.05) is 34.8 Å². The highest BCUT2D eigenvalue weighted by molar-refractivity contribution is 8.14. The number of aliphatic imine (C=N–C) groups is 1. The van der Waals surface area contributed by atoms with Crippen molar-refractivity contribution in [2.45, 2.75) is 43.4 Å². The first-order chi connectivity index (χ1) is 15.5. The highest BCUT2D eigenvalue weighted by Crippen LogP contribution is 2.67. The van der Waals surface area contributed by atoms with E-state index < -0.39 is 48.3 Å². The molecule has 0 unspecified atom stereocenters. The van der Waals surface area contributed by atoms with Gasteiger partial charge in [-0.3, -0.25) is 9.79 Å². The first-order valence-corrected chi connectivity index (χ1v) is 10.9. The van der Waals surface area contributed by atoms with Gasteiger partial charge in [-0.15, -0.1) is 0 Å². The number of nitrogens with one attached hydrogen (secondary N) is 1. The normalized spacial score (nSPS) is 25.2. The Bertz CT molecular complexity index is 1110. The maximum Gasteiger partial charge on any atom is 0.275 e. The Morgan fingerprint density at radius 3 is 2.64 bits per heavy atom. The Morgan fingerprint density at radius 1 is 1.30 bits per heavy atom.